The average molecular weight is 292 g/mol. The summed E-state index contributed by atoms with van der Waals surface area (Å²) in [5, 5.41) is 11.3. The number of benzene rings is 1. The second-order valence-corrected chi connectivity index (χ2v) is 5.01. The summed E-state index contributed by atoms with van der Waals surface area (Å²) in [5.74, 6) is 0.289. The predicted octanol–water partition coefficient (Wildman–Crippen LogP) is 3.08. The first-order valence-electron chi connectivity index (χ1n) is 7.08. The summed E-state index contributed by atoms with van der Waals surface area (Å²) in [7, 11) is 1.81. The van der Waals surface area contributed by atoms with Crippen LogP contribution in [0.2, 0.25) is 0 Å². The van der Waals surface area contributed by atoms with Gasteiger partial charge in [-0.05, 0) is 26.5 Å². The van der Waals surface area contributed by atoms with E-state index in [1.165, 1.54) is 6.07 Å². The Morgan fingerprint density at radius 2 is 2.00 bits per heavy atom. The molecule has 2 rings (SSSR count). The maximum atomic E-state index is 13.8. The molecule has 5 nitrogen and oxygen atoms in total. The molecule has 0 aliphatic rings. The summed E-state index contributed by atoms with van der Waals surface area (Å²) in [6, 6.07) is 6.87. The molecular formula is C15H21FN4O. The standard InChI is InChI=1S/C15H21FN4O/c1-5-17-10(2)14-18-19-15(21-14)20(4)11(3)12-8-6-7-9-13(12)16/h6-11,17H,5H2,1-4H3. The van der Waals surface area contributed by atoms with Gasteiger partial charge in [-0.3, -0.25) is 0 Å². The Morgan fingerprint density at radius 3 is 2.67 bits per heavy atom. The molecule has 0 radical (unpaired) electrons. The van der Waals surface area contributed by atoms with Gasteiger partial charge in [0.05, 0.1) is 12.1 Å². The maximum Gasteiger partial charge on any atom is 0.318 e. The van der Waals surface area contributed by atoms with Crippen molar-refractivity contribution in [1.82, 2.24) is 15.5 Å². The number of anilines is 1. The summed E-state index contributed by atoms with van der Waals surface area (Å²) in [4.78, 5) is 1.77. The minimum Gasteiger partial charge on any atom is -0.406 e. The molecule has 6 heteroatoms. The monoisotopic (exact) mass is 292 g/mol. The highest BCUT2D eigenvalue weighted by Gasteiger charge is 2.21. The van der Waals surface area contributed by atoms with Gasteiger partial charge < -0.3 is 14.6 Å². The van der Waals surface area contributed by atoms with E-state index in [0.717, 1.165) is 6.54 Å². The molecule has 1 N–H and O–H groups in total. The molecule has 0 aliphatic heterocycles. The fraction of sp³-hybridized carbons (Fsp3) is 0.467. The molecule has 2 atom stereocenters. The van der Waals surface area contributed by atoms with Gasteiger partial charge in [0.1, 0.15) is 5.82 Å². The lowest BCUT2D eigenvalue weighted by atomic mass is 10.1. The number of nitrogens with one attached hydrogen (secondary N) is 1. The number of hydrogen-bond acceptors (Lipinski definition) is 5. The molecule has 114 valence electrons. The van der Waals surface area contributed by atoms with Crippen molar-refractivity contribution in [3.8, 4) is 0 Å². The quantitative estimate of drug-likeness (QED) is 0.886. The minimum atomic E-state index is -0.238. The van der Waals surface area contributed by atoms with Crippen molar-refractivity contribution >= 4 is 6.01 Å². The van der Waals surface area contributed by atoms with Crippen LogP contribution in [0.1, 0.15) is 44.3 Å². The Morgan fingerprint density at radius 1 is 1.29 bits per heavy atom. The zero-order valence-corrected chi connectivity index (χ0v) is 12.8. The van der Waals surface area contributed by atoms with E-state index in [9.17, 15) is 4.39 Å². The summed E-state index contributed by atoms with van der Waals surface area (Å²) in [5.41, 5.74) is 0.597. The van der Waals surface area contributed by atoms with Gasteiger partial charge in [0.15, 0.2) is 0 Å². The molecule has 0 bridgehead atoms. The molecular weight excluding hydrogens is 271 g/mol. The maximum absolute atomic E-state index is 13.8. The van der Waals surface area contributed by atoms with Crippen LogP contribution in [0.15, 0.2) is 28.7 Å². The van der Waals surface area contributed by atoms with Crippen LogP contribution in [0, 0.1) is 5.82 Å². The Hall–Kier alpha value is -1.95. The van der Waals surface area contributed by atoms with Gasteiger partial charge in [-0.2, -0.15) is 0 Å². The van der Waals surface area contributed by atoms with Gasteiger partial charge in [0.25, 0.3) is 0 Å². The summed E-state index contributed by atoms with van der Waals surface area (Å²) < 4.78 is 19.5. The smallest absolute Gasteiger partial charge is 0.318 e. The second-order valence-electron chi connectivity index (χ2n) is 5.01. The Bertz CT molecular complexity index is 587. The summed E-state index contributed by atoms with van der Waals surface area (Å²) in [6.07, 6.45) is 0. The molecule has 2 aromatic rings. The molecule has 0 saturated heterocycles. The Labute approximate surface area is 124 Å². The molecule has 0 aliphatic carbocycles. The van der Waals surface area contributed by atoms with E-state index >= 15 is 0 Å². The second kappa shape index (κ2) is 6.67. The van der Waals surface area contributed by atoms with Gasteiger partial charge in [0, 0.05) is 12.6 Å². The van der Waals surface area contributed by atoms with Crippen LogP contribution < -0.4 is 10.2 Å². The van der Waals surface area contributed by atoms with Crippen LogP contribution in [-0.4, -0.2) is 23.8 Å². The van der Waals surface area contributed by atoms with Crippen molar-refractivity contribution in [2.45, 2.75) is 32.9 Å². The van der Waals surface area contributed by atoms with E-state index < -0.39 is 0 Å². The lowest BCUT2D eigenvalue weighted by Crippen LogP contribution is -2.22. The van der Waals surface area contributed by atoms with Gasteiger partial charge >= 0.3 is 6.01 Å². The predicted molar refractivity (Wildman–Crippen MR) is 79.6 cm³/mol. The van der Waals surface area contributed by atoms with E-state index in [2.05, 4.69) is 15.5 Å². The molecule has 1 heterocycles. The van der Waals surface area contributed by atoms with E-state index in [4.69, 9.17) is 4.42 Å². The highest BCUT2D eigenvalue weighted by molar-refractivity contribution is 5.32. The number of rotatable bonds is 6. The molecule has 1 aromatic heterocycles. The summed E-state index contributed by atoms with van der Waals surface area (Å²) >= 11 is 0. The van der Waals surface area contributed by atoms with Crippen LogP contribution in [0.4, 0.5) is 10.4 Å². The molecule has 21 heavy (non-hydrogen) atoms. The van der Waals surface area contributed by atoms with Crippen LogP contribution in [0.3, 0.4) is 0 Å². The van der Waals surface area contributed by atoms with E-state index in [1.807, 2.05) is 33.9 Å². The first-order valence-corrected chi connectivity index (χ1v) is 7.08. The van der Waals surface area contributed by atoms with Crippen molar-refractivity contribution in [2.75, 3.05) is 18.5 Å². The SMILES string of the molecule is CCNC(C)c1nnc(N(C)C(C)c2ccccc2F)o1. The molecule has 0 fully saturated rings. The van der Waals surface area contributed by atoms with Crippen LogP contribution in [0.25, 0.3) is 0 Å². The third-order valence-electron chi connectivity index (χ3n) is 3.55. The number of hydrogen-bond donors (Lipinski definition) is 1. The minimum absolute atomic E-state index is 0.00609. The average Bonchev–Trinajstić information content (AvgIpc) is 2.96. The van der Waals surface area contributed by atoms with Crippen molar-refractivity contribution in [3.63, 3.8) is 0 Å². The third kappa shape index (κ3) is 3.39. The van der Waals surface area contributed by atoms with E-state index in [-0.39, 0.29) is 17.9 Å². The molecule has 2 unspecified atom stereocenters. The van der Waals surface area contributed by atoms with Crippen molar-refractivity contribution in [3.05, 3.63) is 41.5 Å². The lowest BCUT2D eigenvalue weighted by Gasteiger charge is -2.23. The highest BCUT2D eigenvalue weighted by atomic mass is 19.1. The molecule has 0 spiro atoms. The molecule has 0 saturated carbocycles. The number of aromatic nitrogens is 2. The zero-order chi connectivity index (χ0) is 15.4. The molecule has 1 aromatic carbocycles. The van der Waals surface area contributed by atoms with Crippen LogP contribution >= 0.6 is 0 Å². The highest BCUT2D eigenvalue weighted by Crippen LogP contribution is 2.26. The fourth-order valence-corrected chi connectivity index (χ4v) is 2.13. The van der Waals surface area contributed by atoms with Crippen LogP contribution in [-0.2, 0) is 0 Å². The number of halogens is 1. The van der Waals surface area contributed by atoms with Crippen molar-refractivity contribution < 1.29 is 8.81 Å². The van der Waals surface area contributed by atoms with Gasteiger partial charge in [-0.15, -0.1) is 5.10 Å². The zero-order valence-electron chi connectivity index (χ0n) is 12.8. The summed E-state index contributed by atoms with van der Waals surface area (Å²) in [6.45, 7) is 6.69. The largest absolute Gasteiger partial charge is 0.406 e. The Kier molecular flexibility index (Phi) is 4.90. The first-order chi connectivity index (χ1) is 10.0. The van der Waals surface area contributed by atoms with Crippen molar-refractivity contribution in [2.24, 2.45) is 0 Å². The molecule has 0 amide bonds. The van der Waals surface area contributed by atoms with Crippen molar-refractivity contribution in [1.29, 1.82) is 0 Å². The number of nitrogens with zero attached hydrogens (tertiary/aromatic N) is 3. The normalized spacial score (nSPS) is 14.0. The third-order valence-corrected chi connectivity index (χ3v) is 3.55. The topological polar surface area (TPSA) is 54.2 Å². The first kappa shape index (κ1) is 15.4. The fourth-order valence-electron chi connectivity index (χ4n) is 2.13. The van der Waals surface area contributed by atoms with Crippen LogP contribution in [0.5, 0.6) is 0 Å². The van der Waals surface area contributed by atoms with Gasteiger partial charge in [-0.25, -0.2) is 4.39 Å². The Balaban J connectivity index is 2.16. The lowest BCUT2D eigenvalue weighted by molar-refractivity contribution is 0.416. The van der Waals surface area contributed by atoms with E-state index in [0.29, 0.717) is 17.5 Å². The van der Waals surface area contributed by atoms with Gasteiger partial charge in [-0.1, -0.05) is 30.2 Å². The van der Waals surface area contributed by atoms with E-state index in [1.54, 1.807) is 17.0 Å². The van der Waals surface area contributed by atoms with Gasteiger partial charge in [0.2, 0.25) is 5.89 Å².